The van der Waals surface area contributed by atoms with Gasteiger partial charge in [-0.25, -0.2) is 0 Å². The summed E-state index contributed by atoms with van der Waals surface area (Å²) in [6, 6.07) is 7.54. The number of hydrogen-bond acceptors (Lipinski definition) is 3. The zero-order valence-corrected chi connectivity index (χ0v) is 19.2. The largest absolute Gasteiger partial charge is 0.494 e. The number of esters is 1. The molecular weight excluding hydrogens is 372 g/mol. The predicted octanol–water partition coefficient (Wildman–Crippen LogP) is 7.57. The number of unbranched alkanes of at least 4 members (excludes halogenated alkanes) is 4. The van der Waals surface area contributed by atoms with E-state index in [-0.39, 0.29) is 11.9 Å². The van der Waals surface area contributed by atoms with Gasteiger partial charge < -0.3 is 9.47 Å². The van der Waals surface area contributed by atoms with Gasteiger partial charge in [-0.05, 0) is 80.5 Å². The molecule has 30 heavy (non-hydrogen) atoms. The van der Waals surface area contributed by atoms with Crippen LogP contribution in [0.2, 0.25) is 0 Å². The van der Waals surface area contributed by atoms with Crippen molar-refractivity contribution in [2.45, 2.75) is 97.3 Å². The molecule has 2 saturated carbocycles. The van der Waals surface area contributed by atoms with Crippen LogP contribution in [0.1, 0.15) is 97.3 Å². The van der Waals surface area contributed by atoms with E-state index in [1.165, 1.54) is 64.2 Å². The summed E-state index contributed by atoms with van der Waals surface area (Å²) in [6.07, 6.45) is 16.3. The minimum absolute atomic E-state index is 0.0323. The second-order valence-corrected chi connectivity index (χ2v) is 9.65. The monoisotopic (exact) mass is 414 g/mol. The Hall–Kier alpha value is -1.51. The van der Waals surface area contributed by atoms with Crippen LogP contribution in [0.4, 0.5) is 0 Å². The summed E-state index contributed by atoms with van der Waals surface area (Å²) in [5, 5.41) is 0. The fraction of sp³-hybridized carbons (Fsp3) is 0.741. The number of benzene rings is 1. The molecule has 4 atom stereocenters. The maximum Gasteiger partial charge on any atom is 0.314 e. The lowest BCUT2D eigenvalue weighted by Crippen LogP contribution is -2.35. The molecule has 0 amide bonds. The van der Waals surface area contributed by atoms with Gasteiger partial charge >= 0.3 is 5.97 Å². The standard InChI is InChI=1S/C27H42O3/c1-3-5-7-9-21-10-11-23-20-24(13-12-22(23)19-21)27(28)30-26-16-14-25(15-17-26)29-18-8-6-4-2/h14-17,21-24H,3-13,18-20H2,1-2H3/t21?,22-,23?,24-/m1/s1. The van der Waals surface area contributed by atoms with Gasteiger partial charge in [0.2, 0.25) is 0 Å². The van der Waals surface area contributed by atoms with Crippen LogP contribution in [0.5, 0.6) is 11.5 Å². The van der Waals surface area contributed by atoms with Crippen molar-refractivity contribution in [3.63, 3.8) is 0 Å². The van der Waals surface area contributed by atoms with Crippen LogP contribution in [0, 0.1) is 23.7 Å². The Morgan fingerprint density at radius 3 is 2.27 bits per heavy atom. The molecule has 0 saturated heterocycles. The third-order valence-corrected chi connectivity index (χ3v) is 7.33. The molecule has 1 aromatic carbocycles. The van der Waals surface area contributed by atoms with Crippen molar-refractivity contribution in [1.29, 1.82) is 0 Å². The van der Waals surface area contributed by atoms with E-state index in [2.05, 4.69) is 13.8 Å². The summed E-state index contributed by atoms with van der Waals surface area (Å²) in [7, 11) is 0. The van der Waals surface area contributed by atoms with Crippen molar-refractivity contribution < 1.29 is 14.3 Å². The lowest BCUT2D eigenvalue weighted by molar-refractivity contribution is -0.141. The SMILES string of the molecule is CCCCCOc1ccc(OC(=O)[C@@H]2CC[C@@H]3CC(CCCCC)CCC3C2)cc1. The summed E-state index contributed by atoms with van der Waals surface area (Å²) in [4.78, 5) is 12.8. The van der Waals surface area contributed by atoms with Crippen molar-refractivity contribution in [1.82, 2.24) is 0 Å². The quantitative estimate of drug-likeness (QED) is 0.213. The summed E-state index contributed by atoms with van der Waals surface area (Å²) in [5.41, 5.74) is 0. The van der Waals surface area contributed by atoms with Crippen molar-refractivity contribution in [2.24, 2.45) is 23.7 Å². The molecule has 168 valence electrons. The number of fused-ring (bicyclic) bond motifs is 1. The zero-order chi connectivity index (χ0) is 21.2. The number of ether oxygens (including phenoxy) is 2. The first-order chi connectivity index (χ1) is 14.7. The van der Waals surface area contributed by atoms with Gasteiger partial charge in [0, 0.05) is 0 Å². The average Bonchev–Trinajstić information content (AvgIpc) is 2.77. The predicted molar refractivity (Wildman–Crippen MR) is 123 cm³/mol. The fourth-order valence-corrected chi connectivity index (χ4v) is 5.49. The summed E-state index contributed by atoms with van der Waals surface area (Å²) >= 11 is 0. The first-order valence-electron chi connectivity index (χ1n) is 12.6. The maximum absolute atomic E-state index is 12.8. The van der Waals surface area contributed by atoms with Crippen molar-refractivity contribution >= 4 is 5.97 Å². The Labute approximate surface area is 183 Å². The molecule has 0 radical (unpaired) electrons. The van der Waals surface area contributed by atoms with Crippen LogP contribution in [0.25, 0.3) is 0 Å². The van der Waals surface area contributed by atoms with Gasteiger partial charge in [0.1, 0.15) is 11.5 Å². The molecule has 0 N–H and O–H groups in total. The van der Waals surface area contributed by atoms with Crippen LogP contribution in [-0.4, -0.2) is 12.6 Å². The van der Waals surface area contributed by atoms with Crippen LogP contribution in [0.3, 0.4) is 0 Å². The highest BCUT2D eigenvalue weighted by Gasteiger charge is 2.38. The van der Waals surface area contributed by atoms with Crippen LogP contribution in [-0.2, 0) is 4.79 Å². The van der Waals surface area contributed by atoms with E-state index >= 15 is 0 Å². The van der Waals surface area contributed by atoms with E-state index in [1.807, 2.05) is 24.3 Å². The maximum atomic E-state index is 12.8. The Morgan fingerprint density at radius 2 is 1.50 bits per heavy atom. The highest BCUT2D eigenvalue weighted by molar-refractivity contribution is 5.75. The molecule has 2 fully saturated rings. The molecule has 2 unspecified atom stereocenters. The van der Waals surface area contributed by atoms with E-state index in [0.717, 1.165) is 49.4 Å². The van der Waals surface area contributed by atoms with Crippen LogP contribution in [0.15, 0.2) is 24.3 Å². The molecule has 3 heteroatoms. The Morgan fingerprint density at radius 1 is 0.833 bits per heavy atom. The summed E-state index contributed by atoms with van der Waals surface area (Å²) in [5.74, 6) is 4.05. The lowest BCUT2D eigenvalue weighted by atomic mass is 9.64. The number of carbonyl (C=O) groups is 1. The molecular formula is C27H42O3. The normalized spacial score (nSPS) is 26.1. The first kappa shape index (κ1) is 23.2. The van der Waals surface area contributed by atoms with Crippen LogP contribution < -0.4 is 9.47 Å². The molecule has 0 aromatic heterocycles. The molecule has 0 bridgehead atoms. The van der Waals surface area contributed by atoms with Gasteiger partial charge in [0.25, 0.3) is 0 Å². The lowest BCUT2D eigenvalue weighted by Gasteiger charge is -2.41. The Bertz CT molecular complexity index is 624. The Balaban J connectivity index is 1.41. The van der Waals surface area contributed by atoms with Crippen molar-refractivity contribution in [2.75, 3.05) is 6.61 Å². The van der Waals surface area contributed by atoms with Gasteiger partial charge in [0.05, 0.1) is 12.5 Å². The second kappa shape index (κ2) is 12.4. The van der Waals surface area contributed by atoms with E-state index < -0.39 is 0 Å². The average molecular weight is 415 g/mol. The molecule has 0 heterocycles. The molecule has 1 aromatic rings. The smallest absolute Gasteiger partial charge is 0.314 e. The topological polar surface area (TPSA) is 35.5 Å². The van der Waals surface area contributed by atoms with Crippen molar-refractivity contribution in [3.05, 3.63) is 24.3 Å². The van der Waals surface area contributed by atoms with Gasteiger partial charge in [-0.1, -0.05) is 58.8 Å². The van der Waals surface area contributed by atoms with Gasteiger partial charge in [0.15, 0.2) is 0 Å². The van der Waals surface area contributed by atoms with Crippen LogP contribution >= 0.6 is 0 Å². The molecule has 0 spiro atoms. The molecule has 2 aliphatic rings. The number of hydrogen-bond donors (Lipinski definition) is 0. The third kappa shape index (κ3) is 7.03. The van der Waals surface area contributed by atoms with Gasteiger partial charge in [-0.15, -0.1) is 0 Å². The second-order valence-electron chi connectivity index (χ2n) is 9.65. The molecule has 0 aliphatic heterocycles. The minimum atomic E-state index is -0.0323. The Kier molecular flexibility index (Phi) is 9.55. The number of rotatable bonds is 11. The van der Waals surface area contributed by atoms with Crippen molar-refractivity contribution in [3.8, 4) is 11.5 Å². The third-order valence-electron chi connectivity index (χ3n) is 7.33. The highest BCUT2D eigenvalue weighted by atomic mass is 16.5. The number of carbonyl (C=O) groups excluding carboxylic acids is 1. The van der Waals surface area contributed by atoms with E-state index in [4.69, 9.17) is 9.47 Å². The fourth-order valence-electron chi connectivity index (χ4n) is 5.49. The minimum Gasteiger partial charge on any atom is -0.494 e. The van der Waals surface area contributed by atoms with E-state index in [9.17, 15) is 4.79 Å². The van der Waals surface area contributed by atoms with Gasteiger partial charge in [-0.3, -0.25) is 4.79 Å². The van der Waals surface area contributed by atoms with Gasteiger partial charge in [-0.2, -0.15) is 0 Å². The summed E-state index contributed by atoms with van der Waals surface area (Å²) in [6.45, 7) is 5.22. The molecule has 3 nitrogen and oxygen atoms in total. The summed E-state index contributed by atoms with van der Waals surface area (Å²) < 4.78 is 11.5. The first-order valence-corrected chi connectivity index (χ1v) is 12.6. The van der Waals surface area contributed by atoms with E-state index in [1.54, 1.807) is 0 Å². The molecule has 3 rings (SSSR count). The zero-order valence-electron chi connectivity index (χ0n) is 19.2. The molecule has 2 aliphatic carbocycles. The van der Waals surface area contributed by atoms with E-state index in [0.29, 0.717) is 5.75 Å². The highest BCUT2D eigenvalue weighted by Crippen LogP contribution is 2.46.